The molecule has 2 rings (SSSR count). The molecule has 4 heteroatoms. The van der Waals surface area contributed by atoms with Crippen LogP contribution in [-0.2, 0) is 0 Å². The highest BCUT2D eigenvalue weighted by Gasteiger charge is 2.06. The third kappa shape index (κ3) is 2.94. The molecule has 17 heavy (non-hydrogen) atoms. The molecule has 1 aromatic carbocycles. The highest BCUT2D eigenvalue weighted by atomic mass is 127. The van der Waals surface area contributed by atoms with Gasteiger partial charge in [0.2, 0.25) is 5.88 Å². The molecule has 1 heterocycles. The predicted molar refractivity (Wildman–Crippen MR) is 72.9 cm³/mol. The summed E-state index contributed by atoms with van der Waals surface area (Å²) >= 11 is 2.21. The number of halogens is 1. The van der Waals surface area contributed by atoms with Crippen LogP contribution in [0.2, 0.25) is 0 Å². The lowest BCUT2D eigenvalue weighted by Crippen LogP contribution is -1.93. The van der Waals surface area contributed by atoms with E-state index in [1.54, 1.807) is 12.1 Å². The molecule has 0 unspecified atom stereocenters. The molecule has 0 saturated heterocycles. The molecule has 0 aliphatic heterocycles. The van der Waals surface area contributed by atoms with Gasteiger partial charge in [-0.2, -0.15) is 5.26 Å². The molecule has 84 valence electrons. The monoisotopic (exact) mass is 336 g/mol. The number of nitriles is 1. The van der Waals surface area contributed by atoms with Gasteiger partial charge in [-0.3, -0.25) is 0 Å². The Hall–Kier alpha value is -1.61. The van der Waals surface area contributed by atoms with Crippen LogP contribution < -0.4 is 4.74 Å². The van der Waals surface area contributed by atoms with E-state index < -0.39 is 0 Å². The molecule has 0 N–H and O–H groups in total. The Balaban J connectivity index is 2.36. The molecule has 1 aromatic heterocycles. The van der Waals surface area contributed by atoms with Crippen LogP contribution in [0.5, 0.6) is 11.6 Å². The van der Waals surface area contributed by atoms with Gasteiger partial charge in [-0.25, -0.2) is 4.98 Å². The van der Waals surface area contributed by atoms with Crippen LogP contribution in [0.3, 0.4) is 0 Å². The van der Waals surface area contributed by atoms with Crippen LogP contribution in [0.15, 0.2) is 36.4 Å². The Morgan fingerprint density at radius 2 is 2.12 bits per heavy atom. The molecule has 0 amide bonds. The number of benzene rings is 1. The lowest BCUT2D eigenvalue weighted by Gasteiger charge is -2.07. The Morgan fingerprint density at radius 3 is 2.82 bits per heavy atom. The van der Waals surface area contributed by atoms with E-state index in [1.165, 1.54) is 0 Å². The third-order valence-corrected chi connectivity index (χ3v) is 2.80. The minimum Gasteiger partial charge on any atom is -0.438 e. The first-order valence-corrected chi connectivity index (χ1v) is 6.08. The fourth-order valence-corrected chi connectivity index (χ4v) is 1.85. The Labute approximate surface area is 113 Å². The van der Waals surface area contributed by atoms with E-state index in [-0.39, 0.29) is 0 Å². The van der Waals surface area contributed by atoms with Gasteiger partial charge in [-0.15, -0.1) is 0 Å². The van der Waals surface area contributed by atoms with E-state index in [9.17, 15) is 0 Å². The van der Waals surface area contributed by atoms with E-state index in [0.717, 1.165) is 9.26 Å². The third-order valence-electron chi connectivity index (χ3n) is 2.13. The van der Waals surface area contributed by atoms with Gasteiger partial charge >= 0.3 is 0 Å². The molecule has 0 bridgehead atoms. The number of ether oxygens (including phenoxy) is 1. The van der Waals surface area contributed by atoms with E-state index in [0.29, 0.717) is 17.2 Å². The van der Waals surface area contributed by atoms with Gasteiger partial charge in [0.25, 0.3) is 0 Å². The lowest BCUT2D eigenvalue weighted by atomic mass is 10.2. The van der Waals surface area contributed by atoms with E-state index >= 15 is 0 Å². The van der Waals surface area contributed by atoms with Gasteiger partial charge in [0.1, 0.15) is 17.4 Å². The van der Waals surface area contributed by atoms with Gasteiger partial charge < -0.3 is 4.74 Å². The van der Waals surface area contributed by atoms with Crippen LogP contribution >= 0.6 is 22.6 Å². The summed E-state index contributed by atoms with van der Waals surface area (Å²) in [6.07, 6.45) is 0. The van der Waals surface area contributed by atoms with Crippen molar-refractivity contribution >= 4 is 22.6 Å². The summed E-state index contributed by atoms with van der Waals surface area (Å²) in [6.45, 7) is 1.86. The summed E-state index contributed by atoms with van der Waals surface area (Å²) in [4.78, 5) is 4.22. The summed E-state index contributed by atoms with van der Waals surface area (Å²) in [5.41, 5.74) is 1.26. The topological polar surface area (TPSA) is 45.9 Å². The SMILES string of the molecule is Cc1ccc(C#N)c(Oc2cccc(I)c2)n1. The van der Waals surface area contributed by atoms with Crippen LogP contribution in [-0.4, -0.2) is 4.98 Å². The first kappa shape index (κ1) is 11.9. The highest BCUT2D eigenvalue weighted by molar-refractivity contribution is 14.1. The van der Waals surface area contributed by atoms with Crippen molar-refractivity contribution in [3.05, 3.63) is 51.2 Å². The van der Waals surface area contributed by atoms with E-state index in [1.807, 2.05) is 31.2 Å². The number of aryl methyl sites for hydroxylation is 1. The normalized spacial score (nSPS) is 9.71. The largest absolute Gasteiger partial charge is 0.438 e. The molecule has 3 nitrogen and oxygen atoms in total. The van der Waals surface area contributed by atoms with Crippen molar-refractivity contribution in [2.75, 3.05) is 0 Å². The fourth-order valence-electron chi connectivity index (χ4n) is 1.34. The number of hydrogen-bond donors (Lipinski definition) is 0. The Kier molecular flexibility index (Phi) is 3.59. The lowest BCUT2D eigenvalue weighted by molar-refractivity contribution is 0.459. The zero-order valence-electron chi connectivity index (χ0n) is 9.14. The zero-order valence-corrected chi connectivity index (χ0v) is 11.3. The maximum Gasteiger partial charge on any atom is 0.237 e. The quantitative estimate of drug-likeness (QED) is 0.787. The maximum absolute atomic E-state index is 8.97. The Bertz CT molecular complexity index is 590. The summed E-state index contributed by atoms with van der Waals surface area (Å²) in [7, 11) is 0. The smallest absolute Gasteiger partial charge is 0.237 e. The van der Waals surface area contributed by atoms with E-state index in [2.05, 4.69) is 33.6 Å². The minimum atomic E-state index is 0.356. The standard InChI is InChI=1S/C13H9IN2O/c1-9-5-6-10(8-15)13(16-9)17-12-4-2-3-11(14)7-12/h2-7H,1H3. The van der Waals surface area contributed by atoms with Crippen molar-refractivity contribution in [3.8, 4) is 17.7 Å². The summed E-state index contributed by atoms with van der Waals surface area (Å²) in [5, 5.41) is 8.97. The van der Waals surface area contributed by atoms with Crippen molar-refractivity contribution in [3.63, 3.8) is 0 Å². The molecular weight excluding hydrogens is 327 g/mol. The Morgan fingerprint density at radius 1 is 1.29 bits per heavy atom. The first-order valence-electron chi connectivity index (χ1n) is 5.00. The molecule has 0 atom stereocenters. The van der Waals surface area contributed by atoms with Gasteiger partial charge in [-0.05, 0) is 59.8 Å². The van der Waals surface area contributed by atoms with Gasteiger partial charge in [0.15, 0.2) is 0 Å². The molecule has 0 aliphatic carbocycles. The molecular formula is C13H9IN2O. The average Bonchev–Trinajstić information content (AvgIpc) is 2.29. The number of aromatic nitrogens is 1. The molecule has 0 spiro atoms. The second kappa shape index (κ2) is 5.15. The van der Waals surface area contributed by atoms with Crippen molar-refractivity contribution in [1.29, 1.82) is 5.26 Å². The molecule has 0 aliphatic rings. The number of hydrogen-bond acceptors (Lipinski definition) is 3. The summed E-state index contributed by atoms with van der Waals surface area (Å²) in [5.74, 6) is 1.04. The van der Waals surface area contributed by atoms with Crippen LogP contribution in [0, 0.1) is 21.8 Å². The van der Waals surface area contributed by atoms with Crippen LogP contribution in [0.25, 0.3) is 0 Å². The van der Waals surface area contributed by atoms with Crippen molar-refractivity contribution < 1.29 is 4.74 Å². The van der Waals surface area contributed by atoms with Crippen molar-refractivity contribution in [2.24, 2.45) is 0 Å². The second-order valence-corrected chi connectivity index (χ2v) is 4.72. The average molecular weight is 336 g/mol. The second-order valence-electron chi connectivity index (χ2n) is 3.48. The minimum absolute atomic E-state index is 0.356. The summed E-state index contributed by atoms with van der Waals surface area (Å²) in [6, 6.07) is 13.2. The van der Waals surface area contributed by atoms with Crippen molar-refractivity contribution in [1.82, 2.24) is 4.98 Å². The number of nitrogens with zero attached hydrogens (tertiary/aromatic N) is 2. The van der Waals surface area contributed by atoms with Gasteiger partial charge in [0.05, 0.1) is 0 Å². The van der Waals surface area contributed by atoms with Crippen LogP contribution in [0.4, 0.5) is 0 Å². The summed E-state index contributed by atoms with van der Waals surface area (Å²) < 4.78 is 6.70. The molecule has 0 saturated carbocycles. The maximum atomic E-state index is 8.97. The van der Waals surface area contributed by atoms with Gasteiger partial charge in [0, 0.05) is 9.26 Å². The zero-order chi connectivity index (χ0) is 12.3. The number of rotatable bonds is 2. The van der Waals surface area contributed by atoms with E-state index in [4.69, 9.17) is 10.00 Å². The van der Waals surface area contributed by atoms with Crippen molar-refractivity contribution in [2.45, 2.75) is 6.92 Å². The number of pyridine rings is 1. The highest BCUT2D eigenvalue weighted by Crippen LogP contribution is 2.24. The fraction of sp³-hybridized carbons (Fsp3) is 0.0769. The molecule has 2 aromatic rings. The predicted octanol–water partition coefficient (Wildman–Crippen LogP) is 3.66. The molecule has 0 fully saturated rings. The molecule has 0 radical (unpaired) electrons. The van der Waals surface area contributed by atoms with Crippen LogP contribution in [0.1, 0.15) is 11.3 Å². The van der Waals surface area contributed by atoms with Gasteiger partial charge in [-0.1, -0.05) is 6.07 Å². The first-order chi connectivity index (χ1) is 8.19.